The van der Waals surface area contributed by atoms with Gasteiger partial charge >= 0.3 is 0 Å². The van der Waals surface area contributed by atoms with Gasteiger partial charge in [-0.05, 0) is 24.3 Å². The van der Waals surface area contributed by atoms with Gasteiger partial charge in [-0.2, -0.15) is 0 Å². The van der Waals surface area contributed by atoms with Crippen molar-refractivity contribution in [2.45, 2.75) is 0 Å². The number of hydrogen-bond donors (Lipinski definition) is 0. The van der Waals surface area contributed by atoms with Gasteiger partial charge < -0.3 is 4.74 Å². The molecule has 4 aromatic rings. The van der Waals surface area contributed by atoms with E-state index < -0.39 is 0 Å². The molecule has 0 atom stereocenters. The second-order valence-electron chi connectivity index (χ2n) is 5.63. The molecule has 0 fully saturated rings. The van der Waals surface area contributed by atoms with E-state index in [1.165, 1.54) is 0 Å². The molecule has 1 heterocycles. The Morgan fingerprint density at radius 2 is 1.32 bits per heavy atom. The SMILES string of the molecule is COc1ccc(-n2nnc(-c3ccccc3)c2-c2ccccc2)cc1. The van der Waals surface area contributed by atoms with E-state index in [9.17, 15) is 0 Å². The van der Waals surface area contributed by atoms with Crippen LogP contribution in [0.5, 0.6) is 5.75 Å². The summed E-state index contributed by atoms with van der Waals surface area (Å²) in [5, 5.41) is 8.88. The minimum Gasteiger partial charge on any atom is -0.497 e. The number of rotatable bonds is 4. The van der Waals surface area contributed by atoms with Gasteiger partial charge in [0.05, 0.1) is 12.8 Å². The number of hydrogen-bond acceptors (Lipinski definition) is 3. The molecule has 0 aliphatic carbocycles. The molecule has 122 valence electrons. The molecule has 0 saturated carbocycles. The maximum absolute atomic E-state index is 5.25. The summed E-state index contributed by atoms with van der Waals surface area (Å²) < 4.78 is 7.12. The Morgan fingerprint density at radius 1 is 0.720 bits per heavy atom. The quantitative estimate of drug-likeness (QED) is 0.549. The van der Waals surface area contributed by atoms with E-state index in [0.29, 0.717) is 0 Å². The predicted octanol–water partition coefficient (Wildman–Crippen LogP) is 4.61. The van der Waals surface area contributed by atoms with Crippen LogP contribution in [0.4, 0.5) is 0 Å². The zero-order valence-electron chi connectivity index (χ0n) is 13.8. The summed E-state index contributed by atoms with van der Waals surface area (Å²) in [6, 6.07) is 28.1. The van der Waals surface area contributed by atoms with E-state index >= 15 is 0 Å². The fourth-order valence-electron chi connectivity index (χ4n) is 2.83. The van der Waals surface area contributed by atoms with Crippen molar-refractivity contribution in [3.8, 4) is 34.0 Å². The number of ether oxygens (including phenoxy) is 1. The molecule has 0 N–H and O–H groups in total. The average molecular weight is 327 g/mol. The van der Waals surface area contributed by atoms with Crippen molar-refractivity contribution < 1.29 is 4.74 Å². The third-order valence-electron chi connectivity index (χ3n) is 4.08. The highest BCUT2D eigenvalue weighted by molar-refractivity contribution is 5.79. The lowest BCUT2D eigenvalue weighted by Gasteiger charge is -2.09. The van der Waals surface area contributed by atoms with Crippen LogP contribution in [0.2, 0.25) is 0 Å². The Labute approximate surface area is 146 Å². The molecule has 0 aliphatic heterocycles. The van der Waals surface area contributed by atoms with E-state index in [-0.39, 0.29) is 0 Å². The van der Waals surface area contributed by atoms with Crippen LogP contribution in [0.1, 0.15) is 0 Å². The third kappa shape index (κ3) is 2.90. The smallest absolute Gasteiger partial charge is 0.121 e. The van der Waals surface area contributed by atoms with Gasteiger partial charge in [0, 0.05) is 11.1 Å². The summed E-state index contributed by atoms with van der Waals surface area (Å²) in [7, 11) is 1.66. The summed E-state index contributed by atoms with van der Waals surface area (Å²) in [5.74, 6) is 0.813. The lowest BCUT2D eigenvalue weighted by atomic mass is 10.0. The van der Waals surface area contributed by atoms with Crippen molar-refractivity contribution in [1.29, 1.82) is 0 Å². The first-order valence-electron chi connectivity index (χ1n) is 8.08. The van der Waals surface area contributed by atoms with E-state index in [1.807, 2.05) is 65.3 Å². The fraction of sp³-hybridized carbons (Fsp3) is 0.0476. The molecule has 0 saturated heterocycles. The number of benzene rings is 3. The second kappa shape index (κ2) is 6.61. The van der Waals surface area contributed by atoms with Crippen molar-refractivity contribution in [1.82, 2.24) is 15.0 Å². The molecule has 0 spiro atoms. The summed E-state index contributed by atoms with van der Waals surface area (Å²) in [6.07, 6.45) is 0. The Morgan fingerprint density at radius 3 is 1.92 bits per heavy atom. The largest absolute Gasteiger partial charge is 0.497 e. The fourth-order valence-corrected chi connectivity index (χ4v) is 2.83. The lowest BCUT2D eigenvalue weighted by Crippen LogP contribution is -1.99. The topological polar surface area (TPSA) is 39.9 Å². The van der Waals surface area contributed by atoms with Crippen LogP contribution in [0.15, 0.2) is 84.9 Å². The highest BCUT2D eigenvalue weighted by Crippen LogP contribution is 2.32. The van der Waals surface area contributed by atoms with Gasteiger partial charge in [0.1, 0.15) is 17.1 Å². The Hall–Kier alpha value is -3.40. The molecular formula is C21H17N3O. The van der Waals surface area contributed by atoms with Gasteiger partial charge in [0.25, 0.3) is 0 Å². The van der Waals surface area contributed by atoms with Gasteiger partial charge in [-0.1, -0.05) is 65.9 Å². The van der Waals surface area contributed by atoms with Crippen LogP contribution in [0.3, 0.4) is 0 Å². The molecule has 0 radical (unpaired) electrons. The number of nitrogens with zero attached hydrogens (tertiary/aromatic N) is 3. The van der Waals surface area contributed by atoms with Crippen LogP contribution in [-0.2, 0) is 0 Å². The van der Waals surface area contributed by atoms with Crippen LogP contribution in [0, 0.1) is 0 Å². The molecule has 4 nitrogen and oxygen atoms in total. The summed E-state index contributed by atoms with van der Waals surface area (Å²) in [6.45, 7) is 0. The Kier molecular flexibility index (Phi) is 4.01. The normalized spacial score (nSPS) is 10.6. The highest BCUT2D eigenvalue weighted by Gasteiger charge is 2.17. The Bertz CT molecular complexity index is 961. The summed E-state index contributed by atoms with van der Waals surface area (Å²) in [4.78, 5) is 0. The molecule has 0 bridgehead atoms. The third-order valence-corrected chi connectivity index (χ3v) is 4.08. The molecule has 1 aromatic heterocycles. The molecule has 4 heteroatoms. The molecule has 0 unspecified atom stereocenters. The first kappa shape index (κ1) is 15.1. The molecule has 4 rings (SSSR count). The molecule has 3 aromatic carbocycles. The zero-order chi connectivity index (χ0) is 17.1. The highest BCUT2D eigenvalue weighted by atomic mass is 16.5. The molecule has 0 amide bonds. The number of methoxy groups -OCH3 is 1. The van der Waals surface area contributed by atoms with E-state index in [0.717, 1.165) is 34.0 Å². The minimum atomic E-state index is 0.813. The minimum absolute atomic E-state index is 0.813. The van der Waals surface area contributed by atoms with Crippen molar-refractivity contribution in [2.24, 2.45) is 0 Å². The van der Waals surface area contributed by atoms with Gasteiger partial charge in [0.15, 0.2) is 0 Å². The molecule has 25 heavy (non-hydrogen) atoms. The van der Waals surface area contributed by atoms with Crippen LogP contribution in [-0.4, -0.2) is 22.1 Å². The monoisotopic (exact) mass is 327 g/mol. The van der Waals surface area contributed by atoms with Gasteiger partial charge in [-0.15, -0.1) is 5.10 Å². The maximum Gasteiger partial charge on any atom is 0.121 e. The first-order valence-corrected chi connectivity index (χ1v) is 8.08. The molecular weight excluding hydrogens is 310 g/mol. The van der Waals surface area contributed by atoms with Crippen LogP contribution < -0.4 is 4.74 Å². The van der Waals surface area contributed by atoms with Crippen molar-refractivity contribution in [3.05, 3.63) is 84.9 Å². The van der Waals surface area contributed by atoms with E-state index in [4.69, 9.17) is 4.74 Å². The Balaban J connectivity index is 1.91. The zero-order valence-corrected chi connectivity index (χ0v) is 13.8. The maximum atomic E-state index is 5.25. The summed E-state index contributed by atoms with van der Waals surface area (Å²) in [5.41, 5.74) is 4.89. The number of aromatic nitrogens is 3. The predicted molar refractivity (Wildman–Crippen MR) is 98.8 cm³/mol. The van der Waals surface area contributed by atoms with Crippen molar-refractivity contribution in [3.63, 3.8) is 0 Å². The standard InChI is InChI=1S/C21H17N3O/c1-25-19-14-12-18(13-15-19)24-21(17-10-6-3-7-11-17)20(22-23-24)16-8-4-2-5-9-16/h2-15H,1H3. The van der Waals surface area contributed by atoms with Crippen molar-refractivity contribution in [2.75, 3.05) is 7.11 Å². The van der Waals surface area contributed by atoms with E-state index in [1.54, 1.807) is 7.11 Å². The van der Waals surface area contributed by atoms with Gasteiger partial charge in [-0.25, -0.2) is 4.68 Å². The molecule has 0 aliphatic rings. The first-order chi connectivity index (χ1) is 12.4. The van der Waals surface area contributed by atoms with Crippen molar-refractivity contribution >= 4 is 0 Å². The van der Waals surface area contributed by atoms with Gasteiger partial charge in [0.2, 0.25) is 0 Å². The van der Waals surface area contributed by atoms with Crippen LogP contribution >= 0.6 is 0 Å². The van der Waals surface area contributed by atoms with Gasteiger partial charge in [-0.3, -0.25) is 0 Å². The average Bonchev–Trinajstić information content (AvgIpc) is 3.14. The lowest BCUT2D eigenvalue weighted by molar-refractivity contribution is 0.414. The van der Waals surface area contributed by atoms with Crippen LogP contribution in [0.25, 0.3) is 28.2 Å². The summed E-state index contributed by atoms with van der Waals surface area (Å²) >= 11 is 0. The van der Waals surface area contributed by atoms with E-state index in [2.05, 4.69) is 34.6 Å². The second-order valence-corrected chi connectivity index (χ2v) is 5.63.